The fraction of sp³-hybridized carbons (Fsp3) is 0.276. The van der Waals surface area contributed by atoms with Gasteiger partial charge in [0.15, 0.2) is 0 Å². The number of para-hydroxylation sites is 2. The topological polar surface area (TPSA) is 45.3 Å². The van der Waals surface area contributed by atoms with Gasteiger partial charge in [0.25, 0.3) is 0 Å². The molecule has 3 aromatic carbocycles. The van der Waals surface area contributed by atoms with Crippen LogP contribution in [0.4, 0.5) is 0 Å². The molecule has 1 atom stereocenters. The molecule has 4 nitrogen and oxygen atoms in total. The number of fused-ring (bicyclic) bond motifs is 1. The highest BCUT2D eigenvalue weighted by Gasteiger charge is 2.26. The predicted molar refractivity (Wildman–Crippen MR) is 133 cm³/mol. The number of benzene rings is 3. The molecule has 1 amide bonds. The molecule has 1 unspecified atom stereocenters. The number of ether oxygens (including phenoxy) is 1. The van der Waals surface area contributed by atoms with E-state index in [1.54, 1.807) is 0 Å². The Morgan fingerprint density at radius 2 is 1.73 bits per heavy atom. The van der Waals surface area contributed by atoms with Crippen molar-refractivity contribution < 1.29 is 9.53 Å². The van der Waals surface area contributed by atoms with Gasteiger partial charge in [0, 0.05) is 42.5 Å². The van der Waals surface area contributed by atoms with Gasteiger partial charge in [-0.2, -0.15) is 0 Å². The van der Waals surface area contributed by atoms with E-state index in [2.05, 4.69) is 48.4 Å². The van der Waals surface area contributed by atoms with Gasteiger partial charge in [0.2, 0.25) is 5.91 Å². The maximum atomic E-state index is 13.2. The van der Waals surface area contributed by atoms with Gasteiger partial charge in [-0.3, -0.25) is 4.79 Å². The first-order valence-corrected chi connectivity index (χ1v) is 11.9. The van der Waals surface area contributed by atoms with Crippen molar-refractivity contribution in [3.05, 3.63) is 95.7 Å². The molecule has 1 aliphatic heterocycles. The first kappa shape index (κ1) is 21.3. The Hall–Kier alpha value is -3.53. The Morgan fingerprint density at radius 1 is 0.970 bits per heavy atom. The molecule has 4 heteroatoms. The molecule has 1 N–H and O–H groups in total. The Bertz CT molecular complexity index is 1240. The van der Waals surface area contributed by atoms with Gasteiger partial charge in [-0.1, -0.05) is 55.5 Å². The molecule has 0 bridgehead atoms. The minimum Gasteiger partial charge on any atom is -0.457 e. The first-order chi connectivity index (χ1) is 16.2. The molecule has 0 aliphatic carbocycles. The molecule has 2 heterocycles. The number of carbonyl (C=O) groups is 1. The van der Waals surface area contributed by atoms with Crippen molar-refractivity contribution in [1.82, 2.24) is 9.88 Å². The number of hydrogen-bond donors (Lipinski definition) is 1. The van der Waals surface area contributed by atoms with Gasteiger partial charge in [0.1, 0.15) is 11.5 Å². The lowest BCUT2D eigenvalue weighted by Crippen LogP contribution is -2.29. The Balaban J connectivity index is 1.53. The van der Waals surface area contributed by atoms with Crippen LogP contribution < -0.4 is 4.74 Å². The lowest BCUT2D eigenvalue weighted by molar-refractivity contribution is -0.130. The summed E-state index contributed by atoms with van der Waals surface area (Å²) in [7, 11) is 0. The van der Waals surface area contributed by atoms with Gasteiger partial charge >= 0.3 is 0 Å². The number of aryl methyl sites for hydroxylation is 1. The number of likely N-dealkylation sites (tertiary alicyclic amines) is 1. The first-order valence-electron chi connectivity index (χ1n) is 11.9. The summed E-state index contributed by atoms with van der Waals surface area (Å²) < 4.78 is 6.11. The van der Waals surface area contributed by atoms with Gasteiger partial charge in [-0.15, -0.1) is 0 Å². The Kier molecular flexibility index (Phi) is 6.16. The van der Waals surface area contributed by atoms with Crippen molar-refractivity contribution in [2.45, 2.75) is 38.5 Å². The van der Waals surface area contributed by atoms with E-state index in [0.717, 1.165) is 49.4 Å². The molecule has 4 aromatic rings. The number of carbonyl (C=O) groups excluding carboxylic acids is 1. The molecule has 33 heavy (non-hydrogen) atoms. The summed E-state index contributed by atoms with van der Waals surface area (Å²) in [4.78, 5) is 18.8. The van der Waals surface area contributed by atoms with Crippen molar-refractivity contribution in [2.75, 3.05) is 13.1 Å². The molecular formula is C29H30N2O2. The van der Waals surface area contributed by atoms with E-state index in [-0.39, 0.29) is 11.8 Å². The number of hydrogen-bond acceptors (Lipinski definition) is 2. The lowest BCUT2D eigenvalue weighted by Gasteiger charge is -2.22. The summed E-state index contributed by atoms with van der Waals surface area (Å²) in [6.07, 6.45) is 5.72. The third-order valence-corrected chi connectivity index (χ3v) is 6.67. The molecular weight excluding hydrogens is 408 g/mol. The molecule has 0 saturated carbocycles. The maximum Gasteiger partial charge on any atom is 0.223 e. The number of amides is 1. The number of rotatable bonds is 7. The summed E-state index contributed by atoms with van der Waals surface area (Å²) in [5.74, 6) is 1.77. The quantitative estimate of drug-likeness (QED) is 0.350. The fourth-order valence-electron chi connectivity index (χ4n) is 4.92. The molecule has 1 aliphatic rings. The number of nitrogens with one attached hydrogen (secondary N) is 1. The summed E-state index contributed by atoms with van der Waals surface area (Å²) in [5.41, 5.74) is 4.73. The van der Waals surface area contributed by atoms with Crippen LogP contribution in [0.1, 0.15) is 48.8 Å². The second kappa shape index (κ2) is 9.53. The van der Waals surface area contributed by atoms with Gasteiger partial charge in [0.05, 0.1) is 0 Å². The SMILES string of the molecule is CCc1cccc2c(C(CC(=O)N3CCCC3)c3cccc(Oc4ccccc4)c3)c[nH]c12. The third-order valence-electron chi connectivity index (χ3n) is 6.67. The summed E-state index contributed by atoms with van der Waals surface area (Å²) in [6.45, 7) is 3.92. The van der Waals surface area contributed by atoms with Crippen LogP contribution in [0.25, 0.3) is 10.9 Å². The second-order valence-electron chi connectivity index (χ2n) is 8.77. The standard InChI is InChI=1S/C29H30N2O2/c1-2-21-10-9-15-25-27(20-30-29(21)25)26(19-28(32)31-16-6-7-17-31)22-11-8-14-24(18-22)33-23-12-4-3-5-13-23/h3-5,8-15,18,20,26,30H,2,6-7,16-17,19H2,1H3. The van der Waals surface area contributed by atoms with E-state index >= 15 is 0 Å². The van der Waals surface area contributed by atoms with Crippen molar-refractivity contribution in [2.24, 2.45) is 0 Å². The molecule has 0 radical (unpaired) electrons. The van der Waals surface area contributed by atoms with Crippen LogP contribution in [0, 0.1) is 0 Å². The monoisotopic (exact) mass is 438 g/mol. The zero-order chi connectivity index (χ0) is 22.6. The van der Waals surface area contributed by atoms with E-state index in [0.29, 0.717) is 6.42 Å². The van der Waals surface area contributed by atoms with Crippen LogP contribution in [0.2, 0.25) is 0 Å². The van der Waals surface area contributed by atoms with E-state index in [1.807, 2.05) is 47.4 Å². The van der Waals surface area contributed by atoms with Crippen LogP contribution in [0.3, 0.4) is 0 Å². The average Bonchev–Trinajstić information content (AvgIpc) is 3.54. The number of aromatic amines is 1. The van der Waals surface area contributed by atoms with Crippen molar-refractivity contribution in [3.8, 4) is 11.5 Å². The number of nitrogens with zero attached hydrogens (tertiary/aromatic N) is 1. The van der Waals surface area contributed by atoms with Gasteiger partial charge in [-0.05, 0) is 60.2 Å². The minimum absolute atomic E-state index is 0.0433. The van der Waals surface area contributed by atoms with E-state index in [9.17, 15) is 4.79 Å². The largest absolute Gasteiger partial charge is 0.457 e. The van der Waals surface area contributed by atoms with Gasteiger partial charge < -0.3 is 14.6 Å². The predicted octanol–water partition coefficient (Wildman–Crippen LogP) is 6.67. The Morgan fingerprint density at radius 3 is 2.52 bits per heavy atom. The van der Waals surface area contributed by atoms with E-state index in [4.69, 9.17) is 4.74 Å². The highest BCUT2D eigenvalue weighted by molar-refractivity contribution is 5.88. The van der Waals surface area contributed by atoms with Gasteiger partial charge in [-0.25, -0.2) is 0 Å². The fourth-order valence-corrected chi connectivity index (χ4v) is 4.92. The third kappa shape index (κ3) is 4.51. The number of aromatic nitrogens is 1. The molecule has 168 valence electrons. The van der Waals surface area contributed by atoms with E-state index in [1.165, 1.54) is 22.0 Å². The smallest absolute Gasteiger partial charge is 0.223 e. The summed E-state index contributed by atoms with van der Waals surface area (Å²) in [5, 5.41) is 1.20. The normalized spacial score (nSPS) is 14.5. The van der Waals surface area contributed by atoms with Crippen LogP contribution in [0.5, 0.6) is 11.5 Å². The number of H-pyrrole nitrogens is 1. The summed E-state index contributed by atoms with van der Waals surface area (Å²) >= 11 is 0. The molecule has 5 rings (SSSR count). The minimum atomic E-state index is -0.0433. The van der Waals surface area contributed by atoms with Crippen molar-refractivity contribution in [1.29, 1.82) is 0 Å². The van der Waals surface area contributed by atoms with Crippen LogP contribution in [-0.4, -0.2) is 28.9 Å². The average molecular weight is 439 g/mol. The Labute approximate surface area is 195 Å². The highest BCUT2D eigenvalue weighted by Crippen LogP contribution is 2.37. The zero-order valence-corrected chi connectivity index (χ0v) is 19.1. The molecule has 1 fully saturated rings. The van der Waals surface area contributed by atoms with Crippen LogP contribution in [-0.2, 0) is 11.2 Å². The maximum absolute atomic E-state index is 13.2. The molecule has 1 saturated heterocycles. The van der Waals surface area contributed by atoms with Crippen molar-refractivity contribution in [3.63, 3.8) is 0 Å². The van der Waals surface area contributed by atoms with Crippen molar-refractivity contribution >= 4 is 16.8 Å². The summed E-state index contributed by atoms with van der Waals surface area (Å²) in [6, 6.07) is 24.5. The van der Waals surface area contributed by atoms with E-state index < -0.39 is 0 Å². The molecule has 0 spiro atoms. The van der Waals surface area contributed by atoms with Crippen LogP contribution >= 0.6 is 0 Å². The lowest BCUT2D eigenvalue weighted by atomic mass is 9.87. The second-order valence-corrected chi connectivity index (χ2v) is 8.77. The van der Waals surface area contributed by atoms with Crippen LogP contribution in [0.15, 0.2) is 79.0 Å². The zero-order valence-electron chi connectivity index (χ0n) is 19.1. The molecule has 1 aromatic heterocycles. The highest BCUT2D eigenvalue weighted by atomic mass is 16.5.